The maximum atomic E-state index is 12.9. The quantitative estimate of drug-likeness (QED) is 0.883. The number of pyridine rings is 1. The van der Waals surface area contributed by atoms with Gasteiger partial charge in [0.1, 0.15) is 11.4 Å². The van der Waals surface area contributed by atoms with E-state index in [1.165, 1.54) is 6.20 Å². The number of nitrogen functional groups attached to an aromatic ring is 1. The second-order valence-electron chi connectivity index (χ2n) is 4.23. The Kier molecular flexibility index (Phi) is 3.34. The summed E-state index contributed by atoms with van der Waals surface area (Å²) in [5.41, 5.74) is 4.59. The lowest BCUT2D eigenvalue weighted by Crippen LogP contribution is -2.26. The van der Waals surface area contributed by atoms with Crippen molar-refractivity contribution in [2.45, 2.75) is 18.7 Å². The first-order chi connectivity index (χ1) is 8.41. The highest BCUT2D eigenvalue weighted by atomic mass is 19.4. The number of anilines is 2. The van der Waals surface area contributed by atoms with E-state index in [-0.39, 0.29) is 17.6 Å². The fraction of sp³-hybridized carbons (Fsp3) is 0.545. The molecule has 2 N–H and O–H groups in total. The van der Waals surface area contributed by atoms with Gasteiger partial charge in [-0.15, -0.1) is 0 Å². The molecule has 0 aromatic carbocycles. The first-order valence-corrected chi connectivity index (χ1v) is 5.52. The molecule has 2 heterocycles. The van der Waals surface area contributed by atoms with E-state index in [9.17, 15) is 13.2 Å². The van der Waals surface area contributed by atoms with Crippen molar-refractivity contribution in [1.82, 2.24) is 4.98 Å². The molecule has 0 aliphatic carbocycles. The van der Waals surface area contributed by atoms with Gasteiger partial charge in [-0.3, -0.25) is 0 Å². The summed E-state index contributed by atoms with van der Waals surface area (Å²) in [6.07, 6.45) is -2.57. The summed E-state index contributed by atoms with van der Waals surface area (Å²) in [6.45, 7) is 0.912. The molecule has 0 amide bonds. The Morgan fingerprint density at radius 3 is 2.78 bits per heavy atom. The Morgan fingerprint density at radius 1 is 1.50 bits per heavy atom. The smallest absolute Gasteiger partial charge is 0.397 e. The van der Waals surface area contributed by atoms with Crippen molar-refractivity contribution in [3.63, 3.8) is 0 Å². The highest BCUT2D eigenvalue weighted by Gasteiger charge is 2.37. The lowest BCUT2D eigenvalue weighted by atomic mass is 10.2. The minimum absolute atomic E-state index is 0.00793. The lowest BCUT2D eigenvalue weighted by Gasteiger charge is -2.21. The van der Waals surface area contributed by atoms with Crippen LogP contribution in [0, 0.1) is 0 Å². The first kappa shape index (κ1) is 12.9. The molecule has 18 heavy (non-hydrogen) atoms. The van der Waals surface area contributed by atoms with Crippen LogP contribution >= 0.6 is 0 Å². The molecule has 0 saturated carbocycles. The van der Waals surface area contributed by atoms with Crippen LogP contribution in [0.4, 0.5) is 24.7 Å². The van der Waals surface area contributed by atoms with Crippen LogP contribution in [-0.4, -0.2) is 31.3 Å². The van der Waals surface area contributed by atoms with Crippen molar-refractivity contribution in [3.05, 3.63) is 17.8 Å². The standard InChI is InChI=1S/C11H14F3N3O/c1-18-8-2-3-17(6-8)10-9(11(12,13)14)4-7(15)5-16-10/h4-5,8H,2-3,6,15H2,1H3/t8-/m0/s1. The molecule has 2 rings (SSSR count). The highest BCUT2D eigenvalue weighted by molar-refractivity contribution is 5.55. The molecule has 1 aromatic rings. The number of aromatic nitrogens is 1. The van der Waals surface area contributed by atoms with Gasteiger partial charge in [0.25, 0.3) is 0 Å². The van der Waals surface area contributed by atoms with E-state index in [1.54, 1.807) is 12.0 Å². The van der Waals surface area contributed by atoms with E-state index in [0.29, 0.717) is 19.5 Å². The molecular formula is C11H14F3N3O. The van der Waals surface area contributed by atoms with Crippen molar-refractivity contribution in [2.75, 3.05) is 30.8 Å². The maximum absolute atomic E-state index is 12.9. The van der Waals surface area contributed by atoms with Crippen LogP contribution in [0.25, 0.3) is 0 Å². The molecule has 1 saturated heterocycles. The predicted octanol–water partition coefficient (Wildman–Crippen LogP) is 1.91. The molecule has 1 fully saturated rings. The Bertz CT molecular complexity index is 436. The van der Waals surface area contributed by atoms with Crippen molar-refractivity contribution < 1.29 is 17.9 Å². The molecule has 7 heteroatoms. The summed E-state index contributed by atoms with van der Waals surface area (Å²) in [4.78, 5) is 5.40. The molecule has 0 radical (unpaired) electrons. The summed E-state index contributed by atoms with van der Waals surface area (Å²) >= 11 is 0. The highest BCUT2D eigenvalue weighted by Crippen LogP contribution is 2.37. The minimum atomic E-state index is -4.46. The lowest BCUT2D eigenvalue weighted by molar-refractivity contribution is -0.137. The third-order valence-electron chi connectivity index (χ3n) is 2.97. The van der Waals surface area contributed by atoms with Crippen molar-refractivity contribution in [3.8, 4) is 0 Å². The van der Waals surface area contributed by atoms with Crippen LogP contribution in [0.15, 0.2) is 12.3 Å². The molecule has 100 valence electrons. The normalized spacial score (nSPS) is 20.4. The Morgan fingerprint density at radius 2 is 2.22 bits per heavy atom. The van der Waals surface area contributed by atoms with Crippen molar-refractivity contribution in [1.29, 1.82) is 0 Å². The van der Waals surface area contributed by atoms with Crippen molar-refractivity contribution >= 4 is 11.5 Å². The number of halogens is 3. The Labute approximate surface area is 103 Å². The average Bonchev–Trinajstić information content (AvgIpc) is 2.76. The van der Waals surface area contributed by atoms with E-state index in [4.69, 9.17) is 10.5 Å². The van der Waals surface area contributed by atoms with E-state index < -0.39 is 11.7 Å². The van der Waals surface area contributed by atoms with Crippen LogP contribution in [0.5, 0.6) is 0 Å². The summed E-state index contributed by atoms with van der Waals surface area (Å²) < 4.78 is 43.9. The van der Waals surface area contributed by atoms with Gasteiger partial charge in [0.15, 0.2) is 0 Å². The van der Waals surface area contributed by atoms with Gasteiger partial charge in [-0.05, 0) is 12.5 Å². The zero-order chi connectivity index (χ0) is 13.3. The summed E-state index contributed by atoms with van der Waals surface area (Å²) in [5, 5.41) is 0. The van der Waals surface area contributed by atoms with Gasteiger partial charge in [-0.25, -0.2) is 4.98 Å². The van der Waals surface area contributed by atoms with Gasteiger partial charge in [-0.1, -0.05) is 0 Å². The summed E-state index contributed by atoms with van der Waals surface area (Å²) in [7, 11) is 1.55. The van der Waals surface area contributed by atoms with Gasteiger partial charge in [0.2, 0.25) is 0 Å². The Balaban J connectivity index is 2.33. The van der Waals surface area contributed by atoms with Crippen LogP contribution in [0.1, 0.15) is 12.0 Å². The summed E-state index contributed by atoms with van der Waals surface area (Å²) in [5.74, 6) is -0.0729. The fourth-order valence-corrected chi connectivity index (χ4v) is 2.05. The largest absolute Gasteiger partial charge is 0.420 e. The molecular weight excluding hydrogens is 247 g/mol. The second kappa shape index (κ2) is 4.64. The molecule has 1 aromatic heterocycles. The molecule has 4 nitrogen and oxygen atoms in total. The van der Waals surface area contributed by atoms with Crippen LogP contribution in [0.3, 0.4) is 0 Å². The third-order valence-corrected chi connectivity index (χ3v) is 2.97. The van der Waals surface area contributed by atoms with Crippen LogP contribution in [0.2, 0.25) is 0 Å². The van der Waals surface area contributed by atoms with E-state index in [0.717, 1.165) is 6.07 Å². The number of ether oxygens (including phenoxy) is 1. The van der Waals surface area contributed by atoms with E-state index in [1.807, 2.05) is 0 Å². The molecule has 0 bridgehead atoms. The zero-order valence-electron chi connectivity index (χ0n) is 9.87. The van der Waals surface area contributed by atoms with Gasteiger partial charge >= 0.3 is 6.18 Å². The fourth-order valence-electron chi connectivity index (χ4n) is 2.05. The molecule has 1 atom stereocenters. The number of alkyl halides is 3. The third kappa shape index (κ3) is 2.50. The molecule has 0 spiro atoms. The average molecular weight is 261 g/mol. The van der Waals surface area contributed by atoms with E-state index in [2.05, 4.69) is 4.98 Å². The minimum Gasteiger partial charge on any atom is -0.397 e. The van der Waals surface area contributed by atoms with Crippen LogP contribution in [-0.2, 0) is 10.9 Å². The topological polar surface area (TPSA) is 51.4 Å². The number of hydrogen-bond donors (Lipinski definition) is 1. The van der Waals surface area contributed by atoms with E-state index >= 15 is 0 Å². The molecule has 1 aliphatic heterocycles. The Hall–Kier alpha value is -1.50. The first-order valence-electron chi connectivity index (χ1n) is 5.52. The van der Waals surface area contributed by atoms with Crippen molar-refractivity contribution in [2.24, 2.45) is 0 Å². The number of methoxy groups -OCH3 is 1. The zero-order valence-corrected chi connectivity index (χ0v) is 9.87. The number of nitrogens with zero attached hydrogens (tertiary/aromatic N) is 2. The monoisotopic (exact) mass is 261 g/mol. The SMILES string of the molecule is CO[C@H]1CCN(c2ncc(N)cc2C(F)(F)F)C1. The van der Waals surface area contributed by atoms with Crippen LogP contribution < -0.4 is 10.6 Å². The second-order valence-corrected chi connectivity index (χ2v) is 4.23. The van der Waals surface area contributed by atoms with Gasteiger partial charge in [0.05, 0.1) is 18.0 Å². The molecule has 1 aliphatic rings. The molecule has 0 unspecified atom stereocenters. The number of rotatable bonds is 2. The predicted molar refractivity (Wildman–Crippen MR) is 61.3 cm³/mol. The number of nitrogens with two attached hydrogens (primary N) is 1. The van der Waals surface area contributed by atoms with Gasteiger partial charge in [0, 0.05) is 20.2 Å². The summed E-state index contributed by atoms with van der Waals surface area (Å²) in [6, 6.07) is 0.919. The van der Waals surface area contributed by atoms with Gasteiger partial charge < -0.3 is 15.4 Å². The number of hydrogen-bond acceptors (Lipinski definition) is 4. The van der Waals surface area contributed by atoms with Gasteiger partial charge in [-0.2, -0.15) is 13.2 Å². The maximum Gasteiger partial charge on any atom is 0.420 e.